The number of halogens is 3. The molecule has 260 valence electrons. The molecule has 0 unspecified atom stereocenters. The number of carboxylic acid groups (broad SMARTS) is 1. The van der Waals surface area contributed by atoms with E-state index in [4.69, 9.17) is 9.47 Å². The molecule has 1 aliphatic heterocycles. The van der Waals surface area contributed by atoms with Gasteiger partial charge in [0, 0.05) is 36.6 Å². The molecular weight excluding hydrogens is 655 g/mol. The summed E-state index contributed by atoms with van der Waals surface area (Å²) in [5.41, 5.74) is 1.09. The Hall–Kier alpha value is -5.85. The molecule has 2 amide bonds. The van der Waals surface area contributed by atoms with E-state index >= 15 is 0 Å². The number of anilines is 2. The highest BCUT2D eigenvalue weighted by molar-refractivity contribution is 5.97. The number of nitrogens with zero attached hydrogens (tertiary/aromatic N) is 2. The van der Waals surface area contributed by atoms with Crippen LogP contribution in [-0.4, -0.2) is 60.5 Å². The largest absolute Gasteiger partial charge is 0.497 e. The van der Waals surface area contributed by atoms with Crippen molar-refractivity contribution >= 4 is 35.1 Å². The monoisotopic (exact) mass is 689 g/mol. The third-order valence-corrected chi connectivity index (χ3v) is 8.06. The second-order valence-corrected chi connectivity index (χ2v) is 11.7. The van der Waals surface area contributed by atoms with E-state index in [1.807, 2.05) is 12.1 Å². The first kappa shape index (κ1) is 35.5. The molecule has 4 aromatic rings. The van der Waals surface area contributed by atoms with Crippen molar-refractivity contribution in [1.82, 2.24) is 4.90 Å². The van der Waals surface area contributed by atoms with Crippen LogP contribution in [0.2, 0.25) is 0 Å². The number of benzene rings is 4. The van der Waals surface area contributed by atoms with E-state index in [0.717, 1.165) is 42.6 Å². The fourth-order valence-electron chi connectivity index (χ4n) is 5.57. The Morgan fingerprint density at radius 1 is 0.860 bits per heavy atom. The highest BCUT2D eigenvalue weighted by Crippen LogP contribution is 2.35. The molecule has 1 heterocycles. The third-order valence-electron chi connectivity index (χ3n) is 8.06. The molecular formula is C37H34F3N3O7. The summed E-state index contributed by atoms with van der Waals surface area (Å²) in [5, 5.41) is 12.0. The van der Waals surface area contributed by atoms with Gasteiger partial charge in [-0.1, -0.05) is 24.3 Å². The SMILES string of the molecule is COc1ccc(CC(=O)Nc2ccc(C(=O)N(CC(=O)O)Cc3ccc(OC(=O)c4cccc(N5CCCC5)c4)cc3)cc2)c(C(F)(F)F)c1. The number of amides is 2. The lowest BCUT2D eigenvalue weighted by Gasteiger charge is -2.21. The van der Waals surface area contributed by atoms with Gasteiger partial charge in [0.15, 0.2) is 0 Å². The molecule has 0 bridgehead atoms. The van der Waals surface area contributed by atoms with Crippen LogP contribution in [-0.2, 0) is 28.7 Å². The lowest BCUT2D eigenvalue weighted by molar-refractivity contribution is -0.139. The zero-order chi connectivity index (χ0) is 35.8. The minimum absolute atomic E-state index is 0.00574. The van der Waals surface area contributed by atoms with E-state index in [0.29, 0.717) is 11.1 Å². The van der Waals surface area contributed by atoms with Gasteiger partial charge in [0.1, 0.15) is 18.0 Å². The van der Waals surface area contributed by atoms with Gasteiger partial charge in [0.25, 0.3) is 5.91 Å². The van der Waals surface area contributed by atoms with Crippen LogP contribution in [0.15, 0.2) is 91.0 Å². The molecule has 0 aromatic heterocycles. The number of ether oxygens (including phenoxy) is 2. The minimum atomic E-state index is -4.69. The fraction of sp³-hybridized carbons (Fsp3) is 0.243. The first-order chi connectivity index (χ1) is 23.9. The van der Waals surface area contributed by atoms with Crippen LogP contribution in [0.25, 0.3) is 0 Å². The lowest BCUT2D eigenvalue weighted by Crippen LogP contribution is -2.35. The molecule has 0 spiro atoms. The van der Waals surface area contributed by atoms with Crippen LogP contribution in [0.5, 0.6) is 11.5 Å². The average Bonchev–Trinajstić information content (AvgIpc) is 3.64. The maximum absolute atomic E-state index is 13.5. The summed E-state index contributed by atoms with van der Waals surface area (Å²) in [6.45, 7) is 1.20. The molecule has 0 saturated carbocycles. The number of hydrogen-bond donors (Lipinski definition) is 2. The smallest absolute Gasteiger partial charge is 0.416 e. The van der Waals surface area contributed by atoms with E-state index in [9.17, 15) is 37.5 Å². The Bertz CT molecular complexity index is 1860. The molecule has 1 fully saturated rings. The van der Waals surface area contributed by atoms with Crippen molar-refractivity contribution < 1.29 is 46.9 Å². The van der Waals surface area contributed by atoms with E-state index in [2.05, 4.69) is 10.2 Å². The number of nitrogens with one attached hydrogen (secondary N) is 1. The zero-order valence-electron chi connectivity index (χ0n) is 27.0. The Balaban J connectivity index is 1.20. The quantitative estimate of drug-likeness (QED) is 0.129. The first-order valence-electron chi connectivity index (χ1n) is 15.7. The van der Waals surface area contributed by atoms with Crippen LogP contribution in [0.4, 0.5) is 24.5 Å². The lowest BCUT2D eigenvalue weighted by atomic mass is 10.0. The second kappa shape index (κ2) is 15.6. The predicted octanol–water partition coefficient (Wildman–Crippen LogP) is 6.44. The van der Waals surface area contributed by atoms with E-state index in [1.165, 1.54) is 43.5 Å². The third kappa shape index (κ3) is 9.19. The number of carbonyl (C=O) groups is 4. The Kier molecular flexibility index (Phi) is 11.0. The van der Waals surface area contributed by atoms with E-state index in [-0.39, 0.29) is 34.9 Å². The van der Waals surface area contributed by atoms with Gasteiger partial charge in [0.2, 0.25) is 5.91 Å². The van der Waals surface area contributed by atoms with Crippen LogP contribution in [0.1, 0.15) is 50.2 Å². The molecule has 0 atom stereocenters. The maximum atomic E-state index is 13.5. The number of methoxy groups -OCH3 is 1. The van der Waals surface area contributed by atoms with Crippen LogP contribution >= 0.6 is 0 Å². The molecule has 1 saturated heterocycles. The van der Waals surface area contributed by atoms with Crippen molar-refractivity contribution in [1.29, 1.82) is 0 Å². The van der Waals surface area contributed by atoms with Crippen molar-refractivity contribution in [2.24, 2.45) is 0 Å². The Morgan fingerprint density at radius 2 is 1.54 bits per heavy atom. The summed E-state index contributed by atoms with van der Waals surface area (Å²) in [5.74, 6) is -2.79. The molecule has 13 heteroatoms. The van der Waals surface area contributed by atoms with Crippen molar-refractivity contribution in [3.05, 3.63) is 119 Å². The fourth-order valence-corrected chi connectivity index (χ4v) is 5.57. The molecule has 10 nitrogen and oxygen atoms in total. The van der Waals surface area contributed by atoms with Gasteiger partial charge in [-0.2, -0.15) is 13.2 Å². The van der Waals surface area contributed by atoms with Crippen molar-refractivity contribution in [2.45, 2.75) is 32.0 Å². The topological polar surface area (TPSA) is 125 Å². The second-order valence-electron chi connectivity index (χ2n) is 11.7. The molecule has 4 aromatic carbocycles. The predicted molar refractivity (Wildman–Crippen MR) is 178 cm³/mol. The molecule has 0 radical (unpaired) electrons. The van der Waals surface area contributed by atoms with Gasteiger partial charge in [-0.05, 0) is 90.7 Å². The average molecular weight is 690 g/mol. The van der Waals surface area contributed by atoms with Crippen molar-refractivity contribution in [2.75, 3.05) is 37.0 Å². The van der Waals surface area contributed by atoms with Crippen LogP contribution < -0.4 is 19.7 Å². The number of carbonyl (C=O) groups excluding carboxylic acids is 3. The van der Waals surface area contributed by atoms with Crippen molar-refractivity contribution in [3.63, 3.8) is 0 Å². The summed E-state index contributed by atoms with van der Waals surface area (Å²) in [6.07, 6.45) is -3.04. The first-order valence-corrected chi connectivity index (χ1v) is 15.7. The number of aliphatic carboxylic acids is 1. The summed E-state index contributed by atoms with van der Waals surface area (Å²) >= 11 is 0. The van der Waals surface area contributed by atoms with Crippen LogP contribution in [0, 0.1) is 0 Å². The molecule has 1 aliphatic rings. The van der Waals surface area contributed by atoms with E-state index < -0.39 is 48.5 Å². The van der Waals surface area contributed by atoms with Gasteiger partial charge in [-0.25, -0.2) is 4.79 Å². The number of hydrogen-bond acceptors (Lipinski definition) is 7. The highest BCUT2D eigenvalue weighted by Gasteiger charge is 2.34. The normalized spacial score (nSPS) is 12.7. The van der Waals surface area contributed by atoms with Gasteiger partial charge >= 0.3 is 18.1 Å². The molecule has 0 aliphatic carbocycles. The molecule has 50 heavy (non-hydrogen) atoms. The summed E-state index contributed by atoms with van der Waals surface area (Å²) < 4.78 is 51.0. The molecule has 5 rings (SSSR count). The Labute approximate surface area is 286 Å². The number of esters is 1. The van der Waals surface area contributed by atoms with E-state index in [1.54, 1.807) is 36.4 Å². The number of alkyl halides is 3. The van der Waals surface area contributed by atoms with Gasteiger partial charge < -0.3 is 29.7 Å². The molecule has 2 N–H and O–H groups in total. The van der Waals surface area contributed by atoms with Gasteiger partial charge in [-0.15, -0.1) is 0 Å². The van der Waals surface area contributed by atoms with Crippen molar-refractivity contribution in [3.8, 4) is 11.5 Å². The summed E-state index contributed by atoms with van der Waals surface area (Å²) in [7, 11) is 1.24. The summed E-state index contributed by atoms with van der Waals surface area (Å²) in [4.78, 5) is 53.7. The zero-order valence-corrected chi connectivity index (χ0v) is 27.0. The minimum Gasteiger partial charge on any atom is -0.497 e. The van der Waals surface area contributed by atoms with Gasteiger partial charge in [-0.3, -0.25) is 14.4 Å². The maximum Gasteiger partial charge on any atom is 0.416 e. The standard InChI is InChI=1S/C37H34F3N3O7/c1-49-31-16-11-26(32(21-31)37(38,39)40)20-33(44)41-28-12-9-25(10-13-28)35(47)43(23-34(45)46)22-24-7-14-30(15-8-24)50-36(48)27-5-4-6-29(19-27)42-17-2-3-18-42/h4-16,19,21H,2-3,17-18,20,22-23H2,1H3,(H,41,44)(H,45,46). The van der Waals surface area contributed by atoms with Crippen LogP contribution in [0.3, 0.4) is 0 Å². The highest BCUT2D eigenvalue weighted by atomic mass is 19.4. The number of rotatable bonds is 12. The number of carboxylic acids is 1. The Morgan fingerprint density at radius 3 is 2.18 bits per heavy atom. The van der Waals surface area contributed by atoms with Gasteiger partial charge in [0.05, 0.1) is 24.7 Å². The summed E-state index contributed by atoms with van der Waals surface area (Å²) in [6, 6.07) is 22.5.